The molecule has 1 saturated heterocycles. The third kappa shape index (κ3) is 1.73. The van der Waals surface area contributed by atoms with E-state index in [1.54, 1.807) is 6.92 Å². The molecule has 1 aromatic rings. The van der Waals surface area contributed by atoms with E-state index in [4.69, 9.17) is 10.3 Å². The predicted molar refractivity (Wildman–Crippen MR) is 56.0 cm³/mol. The van der Waals surface area contributed by atoms with Crippen molar-refractivity contribution in [1.82, 2.24) is 5.16 Å². The van der Waals surface area contributed by atoms with E-state index in [2.05, 4.69) is 5.16 Å². The third-order valence-corrected chi connectivity index (χ3v) is 5.04. The zero-order chi connectivity index (χ0) is 11.1. The molecule has 0 bridgehead atoms. The van der Waals surface area contributed by atoms with Crippen LogP contribution in [0.15, 0.2) is 4.52 Å². The van der Waals surface area contributed by atoms with Crippen molar-refractivity contribution in [3.05, 3.63) is 11.3 Å². The quantitative estimate of drug-likeness (QED) is 0.783. The maximum Gasteiger partial charge on any atom is 0.170 e. The summed E-state index contributed by atoms with van der Waals surface area (Å²) in [5, 5.41) is 3.05. The highest BCUT2D eigenvalue weighted by Crippen LogP contribution is 2.36. The summed E-state index contributed by atoms with van der Waals surface area (Å²) < 4.78 is 28.6. The molecule has 15 heavy (non-hydrogen) atoms. The van der Waals surface area contributed by atoms with Crippen molar-refractivity contribution < 1.29 is 12.9 Å². The Balaban J connectivity index is 2.42. The van der Waals surface area contributed by atoms with Crippen LogP contribution in [-0.2, 0) is 9.84 Å². The molecule has 1 aliphatic heterocycles. The van der Waals surface area contributed by atoms with Gasteiger partial charge in [0.05, 0.1) is 5.75 Å². The summed E-state index contributed by atoms with van der Waals surface area (Å²) in [5.41, 5.74) is 6.19. The Bertz CT molecular complexity index is 464. The zero-order valence-corrected chi connectivity index (χ0v) is 9.38. The van der Waals surface area contributed by atoms with Crippen molar-refractivity contribution in [1.29, 1.82) is 0 Å². The smallest absolute Gasteiger partial charge is 0.170 e. The summed E-state index contributed by atoms with van der Waals surface area (Å²) in [5.74, 6) is 0.940. The van der Waals surface area contributed by atoms with Gasteiger partial charge in [-0.05, 0) is 19.8 Å². The summed E-state index contributed by atoms with van der Waals surface area (Å²) in [7, 11) is -3.08. The molecule has 1 unspecified atom stereocenters. The summed E-state index contributed by atoms with van der Waals surface area (Å²) in [6.07, 6.45) is 2.25. The van der Waals surface area contributed by atoms with Gasteiger partial charge in [-0.3, -0.25) is 0 Å². The number of hydrogen-bond donors (Lipinski definition) is 1. The lowest BCUT2D eigenvalue weighted by molar-refractivity contribution is 0.370. The highest BCUT2D eigenvalue weighted by molar-refractivity contribution is 7.91. The number of rotatable bonds is 1. The molecule has 1 aliphatic rings. The van der Waals surface area contributed by atoms with Crippen molar-refractivity contribution in [3.8, 4) is 0 Å². The summed E-state index contributed by atoms with van der Waals surface area (Å²) in [6, 6.07) is 0. The van der Waals surface area contributed by atoms with E-state index in [0.29, 0.717) is 17.7 Å². The normalized spacial score (nSPS) is 25.3. The first-order chi connectivity index (χ1) is 7.02. The molecule has 2 N–H and O–H groups in total. The molecule has 1 fully saturated rings. The summed E-state index contributed by atoms with van der Waals surface area (Å²) >= 11 is 0. The van der Waals surface area contributed by atoms with Gasteiger partial charge in [-0.15, -0.1) is 0 Å². The van der Waals surface area contributed by atoms with Gasteiger partial charge >= 0.3 is 0 Å². The van der Waals surface area contributed by atoms with Crippen LogP contribution in [0, 0.1) is 6.92 Å². The lowest BCUT2D eigenvalue weighted by Gasteiger charge is -2.20. The van der Waals surface area contributed by atoms with Gasteiger partial charge in [0.2, 0.25) is 0 Å². The van der Waals surface area contributed by atoms with Crippen LogP contribution in [0.2, 0.25) is 0 Å². The van der Waals surface area contributed by atoms with Crippen LogP contribution in [0.1, 0.15) is 35.8 Å². The average molecular weight is 230 g/mol. The van der Waals surface area contributed by atoms with Crippen LogP contribution >= 0.6 is 0 Å². The minimum atomic E-state index is -3.08. The number of nitrogens with zero attached hydrogens (tertiary/aromatic N) is 1. The monoisotopic (exact) mass is 230 g/mol. The van der Waals surface area contributed by atoms with Gasteiger partial charge < -0.3 is 10.3 Å². The summed E-state index contributed by atoms with van der Waals surface area (Å²) in [6.45, 7) is 1.74. The molecular formula is C9H14N2O3S. The van der Waals surface area contributed by atoms with E-state index in [1.165, 1.54) is 0 Å². The molecule has 2 heterocycles. The van der Waals surface area contributed by atoms with E-state index < -0.39 is 15.1 Å². The zero-order valence-electron chi connectivity index (χ0n) is 8.56. The molecule has 2 rings (SSSR count). The lowest BCUT2D eigenvalue weighted by atomic mass is 10.1. The second-order valence-electron chi connectivity index (χ2n) is 3.91. The fraction of sp³-hybridized carbons (Fsp3) is 0.667. The Kier molecular flexibility index (Phi) is 2.46. The van der Waals surface area contributed by atoms with Crippen LogP contribution < -0.4 is 5.73 Å². The maximum absolute atomic E-state index is 11.8. The Hall–Kier alpha value is -1.04. The number of aromatic nitrogens is 1. The molecule has 0 aliphatic carbocycles. The van der Waals surface area contributed by atoms with E-state index in [0.717, 1.165) is 12.8 Å². The number of anilines is 1. The molecule has 84 valence electrons. The first-order valence-corrected chi connectivity index (χ1v) is 6.67. The van der Waals surface area contributed by atoms with Crippen LogP contribution in [0.3, 0.4) is 0 Å². The predicted octanol–water partition coefficient (Wildman–Crippen LogP) is 1.21. The number of nitrogen functional groups attached to an aromatic ring is 1. The van der Waals surface area contributed by atoms with Crippen LogP contribution in [0.5, 0.6) is 0 Å². The molecule has 1 aromatic heterocycles. The molecule has 0 amide bonds. The third-order valence-electron chi connectivity index (χ3n) is 2.87. The molecule has 0 spiro atoms. The van der Waals surface area contributed by atoms with Crippen molar-refractivity contribution in [2.45, 2.75) is 31.4 Å². The first-order valence-electron chi connectivity index (χ1n) is 4.95. The minimum absolute atomic E-state index is 0.234. The van der Waals surface area contributed by atoms with Gasteiger partial charge in [0.25, 0.3) is 0 Å². The molecule has 1 atom stereocenters. The minimum Gasteiger partial charge on any atom is -0.381 e. The Morgan fingerprint density at radius 2 is 2.20 bits per heavy atom. The summed E-state index contributed by atoms with van der Waals surface area (Å²) in [4.78, 5) is 0. The fourth-order valence-corrected chi connectivity index (χ4v) is 3.87. The van der Waals surface area contributed by atoms with Crippen molar-refractivity contribution in [3.63, 3.8) is 0 Å². The largest absolute Gasteiger partial charge is 0.381 e. The van der Waals surface area contributed by atoms with E-state index >= 15 is 0 Å². The van der Waals surface area contributed by atoms with Crippen LogP contribution in [-0.4, -0.2) is 19.3 Å². The SMILES string of the molecule is Cc1c(N)noc1C1CCCCS1(=O)=O. The highest BCUT2D eigenvalue weighted by Gasteiger charge is 2.34. The first kappa shape index (κ1) is 10.5. The molecule has 0 saturated carbocycles. The number of hydrogen-bond acceptors (Lipinski definition) is 5. The topological polar surface area (TPSA) is 86.2 Å². The van der Waals surface area contributed by atoms with Gasteiger partial charge in [-0.2, -0.15) is 0 Å². The molecule has 0 radical (unpaired) electrons. The van der Waals surface area contributed by atoms with Crippen molar-refractivity contribution in [2.75, 3.05) is 11.5 Å². The Labute approximate surface area is 88.5 Å². The van der Waals surface area contributed by atoms with Gasteiger partial charge in [0, 0.05) is 5.56 Å². The van der Waals surface area contributed by atoms with Gasteiger partial charge in [0.1, 0.15) is 5.25 Å². The second kappa shape index (κ2) is 3.52. The second-order valence-corrected chi connectivity index (χ2v) is 6.21. The Morgan fingerprint density at radius 3 is 2.73 bits per heavy atom. The number of nitrogens with two attached hydrogens (primary N) is 1. The molecular weight excluding hydrogens is 216 g/mol. The molecule has 0 aromatic carbocycles. The van der Waals surface area contributed by atoms with Gasteiger partial charge in [-0.25, -0.2) is 8.42 Å². The van der Waals surface area contributed by atoms with E-state index in [9.17, 15) is 8.42 Å². The highest BCUT2D eigenvalue weighted by atomic mass is 32.2. The average Bonchev–Trinajstić information content (AvgIpc) is 2.48. The van der Waals surface area contributed by atoms with Gasteiger partial charge in [0.15, 0.2) is 21.4 Å². The van der Waals surface area contributed by atoms with Crippen molar-refractivity contribution >= 4 is 15.7 Å². The maximum atomic E-state index is 11.8. The fourth-order valence-electron chi connectivity index (χ4n) is 1.91. The molecule has 5 nitrogen and oxygen atoms in total. The molecule has 6 heteroatoms. The Morgan fingerprint density at radius 1 is 1.47 bits per heavy atom. The standard InChI is InChI=1S/C9H14N2O3S/c1-6-8(14-11-9(6)10)7-4-2-3-5-15(7,12)13/h7H,2-5H2,1H3,(H2,10,11). The lowest BCUT2D eigenvalue weighted by Crippen LogP contribution is -2.21. The van der Waals surface area contributed by atoms with Crippen LogP contribution in [0.25, 0.3) is 0 Å². The van der Waals surface area contributed by atoms with Crippen LogP contribution in [0.4, 0.5) is 5.82 Å². The van der Waals surface area contributed by atoms with Gasteiger partial charge in [-0.1, -0.05) is 11.6 Å². The number of sulfone groups is 1. The van der Waals surface area contributed by atoms with Crippen molar-refractivity contribution in [2.24, 2.45) is 0 Å². The van der Waals surface area contributed by atoms with E-state index in [1.807, 2.05) is 0 Å². The van der Waals surface area contributed by atoms with E-state index in [-0.39, 0.29) is 11.6 Å².